The molecule has 0 aliphatic heterocycles. The zero-order valence-electron chi connectivity index (χ0n) is 11.4. The molecule has 0 heterocycles. The van der Waals surface area contributed by atoms with Crippen molar-refractivity contribution in [3.05, 3.63) is 63.1 Å². The van der Waals surface area contributed by atoms with Gasteiger partial charge in [-0.15, -0.1) is 0 Å². The SMILES string of the molecule is Fc1c(F)c(C(F)(F)F)c(F)c(F)c1N/N=C/c1ccc(Br)cc1. The molecule has 0 spiro atoms. The van der Waals surface area contributed by atoms with Crippen molar-refractivity contribution < 1.29 is 30.7 Å². The first-order chi connectivity index (χ1) is 11.1. The molecule has 2 aromatic rings. The maximum Gasteiger partial charge on any atom is 0.422 e. The van der Waals surface area contributed by atoms with Crippen LogP contribution in [-0.4, -0.2) is 6.21 Å². The molecular weight excluding hydrogens is 409 g/mol. The Bertz CT molecular complexity index is 756. The van der Waals surface area contributed by atoms with Gasteiger partial charge in [0.2, 0.25) is 0 Å². The summed E-state index contributed by atoms with van der Waals surface area (Å²) in [6.07, 6.45) is -4.53. The number of nitrogens with one attached hydrogen (secondary N) is 1. The second-order valence-electron chi connectivity index (χ2n) is 4.43. The number of hydrazone groups is 1. The second-order valence-corrected chi connectivity index (χ2v) is 5.34. The summed E-state index contributed by atoms with van der Waals surface area (Å²) in [4.78, 5) is 0. The third kappa shape index (κ3) is 3.69. The molecule has 24 heavy (non-hydrogen) atoms. The van der Waals surface area contributed by atoms with Gasteiger partial charge < -0.3 is 0 Å². The zero-order chi connectivity index (χ0) is 18.1. The van der Waals surface area contributed by atoms with Crippen LogP contribution in [0.2, 0.25) is 0 Å². The molecule has 128 valence electrons. The van der Waals surface area contributed by atoms with E-state index in [0.29, 0.717) is 5.56 Å². The van der Waals surface area contributed by atoms with Crippen LogP contribution < -0.4 is 5.43 Å². The molecule has 2 nitrogen and oxygen atoms in total. The lowest BCUT2D eigenvalue weighted by Crippen LogP contribution is -2.16. The number of halogens is 8. The number of nitrogens with zero attached hydrogens (tertiary/aromatic N) is 1. The van der Waals surface area contributed by atoms with Crippen molar-refractivity contribution in [3.8, 4) is 0 Å². The minimum atomic E-state index is -5.59. The van der Waals surface area contributed by atoms with Gasteiger partial charge in [0.05, 0.1) is 6.21 Å². The molecule has 0 fully saturated rings. The van der Waals surface area contributed by atoms with Crippen molar-refractivity contribution in [3.63, 3.8) is 0 Å². The fourth-order valence-electron chi connectivity index (χ4n) is 1.70. The standard InChI is InChI=1S/C14H6BrF7N2/c15-7-3-1-6(2-4-7)5-23-24-13-11(18)9(16)8(14(20,21)22)10(17)12(13)19/h1-5,24H/b23-5+. The van der Waals surface area contributed by atoms with Gasteiger partial charge in [0.25, 0.3) is 0 Å². The van der Waals surface area contributed by atoms with Crippen molar-refractivity contribution in [2.24, 2.45) is 5.10 Å². The summed E-state index contributed by atoms with van der Waals surface area (Å²) in [5.41, 5.74) is -1.98. The second kappa shape index (κ2) is 6.80. The predicted octanol–water partition coefficient (Wildman–Crippen LogP) is 5.47. The molecule has 0 aliphatic rings. The molecule has 1 N–H and O–H groups in total. The molecule has 2 aromatic carbocycles. The summed E-state index contributed by atoms with van der Waals surface area (Å²) in [6.45, 7) is 0. The quantitative estimate of drug-likeness (QED) is 0.306. The van der Waals surface area contributed by atoms with Gasteiger partial charge in [-0.2, -0.15) is 18.3 Å². The molecule has 2 rings (SSSR count). The Morgan fingerprint density at radius 3 is 1.83 bits per heavy atom. The Labute approximate surface area is 139 Å². The Balaban J connectivity index is 2.36. The maximum absolute atomic E-state index is 13.6. The van der Waals surface area contributed by atoms with Crippen LogP contribution in [0.1, 0.15) is 11.1 Å². The van der Waals surface area contributed by atoms with Crippen molar-refractivity contribution >= 4 is 27.8 Å². The number of hydrogen-bond acceptors (Lipinski definition) is 2. The van der Waals surface area contributed by atoms with Gasteiger partial charge in [-0.3, -0.25) is 5.43 Å². The highest BCUT2D eigenvalue weighted by atomic mass is 79.9. The number of alkyl halides is 3. The molecule has 10 heteroatoms. The number of hydrogen-bond donors (Lipinski definition) is 1. The summed E-state index contributed by atoms with van der Waals surface area (Å²) in [7, 11) is 0. The predicted molar refractivity (Wildman–Crippen MR) is 76.6 cm³/mol. The van der Waals surface area contributed by atoms with Gasteiger partial charge in [0.1, 0.15) is 11.3 Å². The largest absolute Gasteiger partial charge is 0.422 e. The van der Waals surface area contributed by atoms with Gasteiger partial charge in [0, 0.05) is 4.47 Å². The van der Waals surface area contributed by atoms with Crippen LogP contribution in [0, 0.1) is 23.3 Å². The van der Waals surface area contributed by atoms with Gasteiger partial charge in [0.15, 0.2) is 23.3 Å². The van der Waals surface area contributed by atoms with E-state index < -0.39 is 40.7 Å². The molecule has 0 aliphatic carbocycles. The van der Waals surface area contributed by atoms with Crippen molar-refractivity contribution in [2.45, 2.75) is 6.18 Å². The molecule has 0 amide bonds. The van der Waals surface area contributed by atoms with Crippen LogP contribution in [-0.2, 0) is 6.18 Å². The minimum absolute atomic E-state index is 0.458. The van der Waals surface area contributed by atoms with E-state index in [9.17, 15) is 30.7 Å². The van der Waals surface area contributed by atoms with E-state index in [1.54, 1.807) is 29.7 Å². The first-order valence-electron chi connectivity index (χ1n) is 6.10. The van der Waals surface area contributed by atoms with Gasteiger partial charge in [-0.05, 0) is 17.7 Å². The lowest BCUT2D eigenvalue weighted by Gasteiger charge is -2.13. The molecule has 0 unspecified atom stereocenters. The molecule has 0 radical (unpaired) electrons. The van der Waals surface area contributed by atoms with Crippen LogP contribution >= 0.6 is 15.9 Å². The van der Waals surface area contributed by atoms with Gasteiger partial charge in [-0.1, -0.05) is 28.1 Å². The fourth-order valence-corrected chi connectivity index (χ4v) is 1.96. The maximum atomic E-state index is 13.6. The third-order valence-electron chi connectivity index (χ3n) is 2.81. The fraction of sp³-hybridized carbons (Fsp3) is 0.0714. The van der Waals surface area contributed by atoms with Crippen LogP contribution in [0.3, 0.4) is 0 Å². The summed E-state index contributed by atoms with van der Waals surface area (Å²) in [5.74, 6) is -9.56. The van der Waals surface area contributed by atoms with E-state index in [0.717, 1.165) is 10.7 Å². The lowest BCUT2D eigenvalue weighted by molar-refractivity contribution is -0.143. The third-order valence-corrected chi connectivity index (χ3v) is 3.34. The van der Waals surface area contributed by atoms with E-state index in [-0.39, 0.29) is 0 Å². The Morgan fingerprint density at radius 2 is 1.38 bits per heavy atom. The molecule has 0 saturated heterocycles. The smallest absolute Gasteiger partial charge is 0.272 e. The molecule has 0 aromatic heterocycles. The van der Waals surface area contributed by atoms with Crippen molar-refractivity contribution in [1.82, 2.24) is 0 Å². The van der Waals surface area contributed by atoms with Crippen LogP contribution in [0.15, 0.2) is 33.8 Å². The van der Waals surface area contributed by atoms with E-state index >= 15 is 0 Å². The van der Waals surface area contributed by atoms with E-state index in [2.05, 4.69) is 21.0 Å². The van der Waals surface area contributed by atoms with Gasteiger partial charge >= 0.3 is 6.18 Å². The van der Waals surface area contributed by atoms with Crippen LogP contribution in [0.5, 0.6) is 0 Å². The van der Waals surface area contributed by atoms with Crippen molar-refractivity contribution in [2.75, 3.05) is 5.43 Å². The number of anilines is 1. The molecule has 0 atom stereocenters. The minimum Gasteiger partial charge on any atom is -0.272 e. The first-order valence-corrected chi connectivity index (χ1v) is 6.90. The summed E-state index contributed by atoms with van der Waals surface area (Å²) in [6, 6.07) is 6.35. The summed E-state index contributed by atoms with van der Waals surface area (Å²) < 4.78 is 92.0. The Kier molecular flexibility index (Phi) is 5.16. The first kappa shape index (κ1) is 18.2. The summed E-state index contributed by atoms with van der Waals surface area (Å²) >= 11 is 3.17. The monoisotopic (exact) mass is 414 g/mol. The number of rotatable bonds is 3. The lowest BCUT2D eigenvalue weighted by atomic mass is 10.1. The average molecular weight is 415 g/mol. The van der Waals surface area contributed by atoms with Crippen molar-refractivity contribution in [1.29, 1.82) is 0 Å². The Hall–Kier alpha value is -2.10. The zero-order valence-corrected chi connectivity index (χ0v) is 12.9. The van der Waals surface area contributed by atoms with Crippen LogP contribution in [0.4, 0.5) is 36.4 Å². The highest BCUT2D eigenvalue weighted by Crippen LogP contribution is 2.38. The average Bonchev–Trinajstić information content (AvgIpc) is 2.49. The van der Waals surface area contributed by atoms with Gasteiger partial charge in [-0.25, -0.2) is 17.6 Å². The summed E-state index contributed by atoms with van der Waals surface area (Å²) in [5, 5.41) is 3.35. The molecule has 0 bridgehead atoms. The normalized spacial score (nSPS) is 12.0. The van der Waals surface area contributed by atoms with Crippen LogP contribution in [0.25, 0.3) is 0 Å². The Morgan fingerprint density at radius 1 is 0.875 bits per heavy atom. The number of benzene rings is 2. The highest BCUT2D eigenvalue weighted by molar-refractivity contribution is 9.10. The molecule has 0 saturated carbocycles. The molecular formula is C14H6BrF7N2. The van der Waals surface area contributed by atoms with E-state index in [4.69, 9.17) is 0 Å². The van der Waals surface area contributed by atoms with E-state index in [1.165, 1.54) is 0 Å². The highest BCUT2D eigenvalue weighted by Gasteiger charge is 2.42. The topological polar surface area (TPSA) is 24.4 Å². The van der Waals surface area contributed by atoms with E-state index in [1.807, 2.05) is 0 Å².